The molecule has 4 nitrogen and oxygen atoms in total. The molecule has 0 aromatic heterocycles. The molecule has 3 rings (SSSR count). The fourth-order valence-electron chi connectivity index (χ4n) is 3.68. The van der Waals surface area contributed by atoms with Crippen molar-refractivity contribution in [3.8, 4) is 11.5 Å². The molecule has 3 aromatic carbocycles. The molecule has 2 N–H and O–H groups in total. The van der Waals surface area contributed by atoms with Gasteiger partial charge in [-0.1, -0.05) is 43.7 Å². The number of carbonyl (C=O) groups is 1. The van der Waals surface area contributed by atoms with Crippen LogP contribution in [-0.4, -0.2) is 16.2 Å². The van der Waals surface area contributed by atoms with Gasteiger partial charge in [-0.2, -0.15) is 0 Å². The van der Waals surface area contributed by atoms with Gasteiger partial charge in [0, 0.05) is 5.56 Å². The van der Waals surface area contributed by atoms with Gasteiger partial charge in [-0.3, -0.25) is 4.79 Å². The number of carboxylic acid groups (broad SMARTS) is 1. The second-order valence-corrected chi connectivity index (χ2v) is 9.98. The molecule has 1 atom stereocenters. The van der Waals surface area contributed by atoms with E-state index in [0.29, 0.717) is 31.6 Å². The maximum Gasteiger partial charge on any atom is 0.307 e. The van der Waals surface area contributed by atoms with Crippen LogP contribution in [0.15, 0.2) is 57.5 Å². The van der Waals surface area contributed by atoms with Gasteiger partial charge in [0.15, 0.2) is 5.75 Å². The molecule has 1 unspecified atom stereocenters. The Kier molecular flexibility index (Phi) is 7.80. The molecule has 0 amide bonds. The molecule has 0 fully saturated rings. The predicted molar refractivity (Wildman–Crippen MR) is 134 cm³/mol. The van der Waals surface area contributed by atoms with E-state index in [4.69, 9.17) is 9.84 Å². The molecule has 3 aromatic rings. The summed E-state index contributed by atoms with van der Waals surface area (Å²) in [5, 5.41) is 20.3. The van der Waals surface area contributed by atoms with Crippen LogP contribution in [0.2, 0.25) is 0 Å². The van der Waals surface area contributed by atoms with E-state index in [-0.39, 0.29) is 12.3 Å². The molecule has 0 radical (unpaired) electrons. The van der Waals surface area contributed by atoms with Crippen LogP contribution in [-0.2, 0) is 11.2 Å². The molecule has 0 bridgehead atoms. The van der Waals surface area contributed by atoms with Crippen molar-refractivity contribution >= 4 is 37.8 Å². The quantitative estimate of drug-likeness (QED) is 0.314. The lowest BCUT2D eigenvalue weighted by molar-refractivity contribution is -0.136. The van der Waals surface area contributed by atoms with Gasteiger partial charge in [0.2, 0.25) is 0 Å². The minimum Gasteiger partial charge on any atom is -0.481 e. The summed E-state index contributed by atoms with van der Waals surface area (Å²) in [7, 11) is 0. The highest BCUT2D eigenvalue weighted by Crippen LogP contribution is 2.42. The Balaban J connectivity index is 2.09. The maximum absolute atomic E-state index is 11.2. The lowest BCUT2D eigenvalue weighted by atomic mass is 9.92. The van der Waals surface area contributed by atoms with Crippen LogP contribution in [0.5, 0.6) is 11.5 Å². The molecular formula is C26H26Br2O4. The first kappa shape index (κ1) is 24.5. The summed E-state index contributed by atoms with van der Waals surface area (Å²) in [6, 6.07) is 15.2. The lowest BCUT2D eigenvalue weighted by Gasteiger charge is -2.22. The predicted octanol–water partition coefficient (Wildman–Crippen LogP) is 7.45. The molecule has 0 aliphatic heterocycles. The molecule has 0 saturated carbocycles. The highest BCUT2D eigenvalue weighted by Gasteiger charge is 2.21. The molecule has 0 aliphatic carbocycles. The summed E-state index contributed by atoms with van der Waals surface area (Å²) in [4.78, 5) is 11.1. The van der Waals surface area contributed by atoms with Gasteiger partial charge in [0.25, 0.3) is 0 Å². The van der Waals surface area contributed by atoms with Gasteiger partial charge in [0.1, 0.15) is 11.9 Å². The molecule has 168 valence electrons. The number of aliphatic hydroxyl groups is 1. The first-order valence-electron chi connectivity index (χ1n) is 10.3. The molecule has 32 heavy (non-hydrogen) atoms. The van der Waals surface area contributed by atoms with Crippen molar-refractivity contribution in [3.05, 3.63) is 90.9 Å². The summed E-state index contributed by atoms with van der Waals surface area (Å²) in [6.07, 6.45) is -0.939. The monoisotopic (exact) mass is 560 g/mol. The number of rotatable bonds is 7. The number of carboxylic acids is 1. The average molecular weight is 562 g/mol. The number of hydrogen-bond donors (Lipinski definition) is 2. The van der Waals surface area contributed by atoms with Crippen molar-refractivity contribution in [1.82, 2.24) is 0 Å². The molecule has 0 saturated heterocycles. The second kappa shape index (κ2) is 10.2. The normalized spacial score (nSPS) is 12.1. The number of ether oxygens (including phenoxy) is 1. The fourth-order valence-corrected chi connectivity index (χ4v) is 5.12. The Bertz CT molecular complexity index is 1110. The van der Waals surface area contributed by atoms with E-state index in [1.165, 1.54) is 0 Å². The third kappa shape index (κ3) is 5.61. The first-order valence-corrected chi connectivity index (χ1v) is 11.9. The summed E-state index contributed by atoms with van der Waals surface area (Å²) < 4.78 is 7.60. The third-order valence-corrected chi connectivity index (χ3v) is 6.51. The lowest BCUT2D eigenvalue weighted by Crippen LogP contribution is -2.06. The number of aliphatic carboxylic acids is 1. The van der Waals surface area contributed by atoms with E-state index in [0.717, 1.165) is 22.3 Å². The summed E-state index contributed by atoms with van der Waals surface area (Å²) >= 11 is 7.02. The third-order valence-electron chi connectivity index (χ3n) is 5.33. The fraction of sp³-hybridized carbons (Fsp3) is 0.269. The number of halogens is 2. The van der Waals surface area contributed by atoms with E-state index in [1.807, 2.05) is 50.2 Å². The van der Waals surface area contributed by atoms with Crippen molar-refractivity contribution in [2.45, 2.75) is 46.1 Å². The van der Waals surface area contributed by atoms with Crippen LogP contribution in [0.1, 0.15) is 59.3 Å². The zero-order chi connectivity index (χ0) is 23.6. The molecule has 0 spiro atoms. The van der Waals surface area contributed by atoms with Crippen LogP contribution in [0.4, 0.5) is 0 Å². The van der Waals surface area contributed by atoms with Crippen molar-refractivity contribution in [2.75, 3.05) is 0 Å². The summed E-state index contributed by atoms with van der Waals surface area (Å²) in [6.45, 7) is 8.29. The average Bonchev–Trinajstić information content (AvgIpc) is 2.70. The SMILES string of the molecule is Cc1ccc(C(O)c2cc(C)c(C(C)C)cc2Oc2c(Br)cc(CC(=O)O)cc2Br)cc1. The smallest absolute Gasteiger partial charge is 0.307 e. The number of benzene rings is 3. The van der Waals surface area contributed by atoms with Gasteiger partial charge in [-0.15, -0.1) is 0 Å². The Labute approximate surface area is 205 Å². The zero-order valence-electron chi connectivity index (χ0n) is 18.4. The van der Waals surface area contributed by atoms with Crippen LogP contribution < -0.4 is 4.74 Å². The minimum absolute atomic E-state index is 0.0864. The van der Waals surface area contributed by atoms with E-state index in [2.05, 4.69) is 45.7 Å². The van der Waals surface area contributed by atoms with Crippen molar-refractivity contribution in [2.24, 2.45) is 0 Å². The van der Waals surface area contributed by atoms with Crippen molar-refractivity contribution < 1.29 is 19.7 Å². The van der Waals surface area contributed by atoms with Gasteiger partial charge in [-0.05, 0) is 98.1 Å². The Hall–Kier alpha value is -2.15. The van der Waals surface area contributed by atoms with Crippen molar-refractivity contribution in [3.63, 3.8) is 0 Å². The highest BCUT2D eigenvalue weighted by atomic mass is 79.9. The van der Waals surface area contributed by atoms with E-state index in [1.54, 1.807) is 12.1 Å². The first-order chi connectivity index (χ1) is 15.1. The largest absolute Gasteiger partial charge is 0.481 e. The minimum atomic E-state index is -0.902. The van der Waals surface area contributed by atoms with Gasteiger partial charge in [-0.25, -0.2) is 0 Å². The van der Waals surface area contributed by atoms with Gasteiger partial charge < -0.3 is 14.9 Å². The van der Waals surface area contributed by atoms with E-state index < -0.39 is 12.1 Å². The van der Waals surface area contributed by atoms with Crippen LogP contribution >= 0.6 is 31.9 Å². The van der Waals surface area contributed by atoms with Crippen LogP contribution in [0.3, 0.4) is 0 Å². The standard InChI is InChI=1S/C26H26Br2O4/c1-14(2)19-13-23(32-26-21(27)10-17(11-22(26)28)12-24(29)30)20(9-16(19)4)25(31)18-7-5-15(3)6-8-18/h5-11,13-14,25,31H,12H2,1-4H3,(H,29,30). The number of aryl methyl sites for hydroxylation is 2. The number of hydrogen-bond acceptors (Lipinski definition) is 3. The molecular weight excluding hydrogens is 536 g/mol. The Morgan fingerprint density at radius 3 is 2.09 bits per heavy atom. The molecule has 0 aliphatic rings. The van der Waals surface area contributed by atoms with E-state index in [9.17, 15) is 9.90 Å². The van der Waals surface area contributed by atoms with Gasteiger partial charge in [0.05, 0.1) is 15.4 Å². The van der Waals surface area contributed by atoms with Crippen molar-refractivity contribution in [1.29, 1.82) is 0 Å². The van der Waals surface area contributed by atoms with E-state index >= 15 is 0 Å². The topological polar surface area (TPSA) is 66.8 Å². The zero-order valence-corrected chi connectivity index (χ0v) is 21.6. The highest BCUT2D eigenvalue weighted by molar-refractivity contribution is 9.11. The Morgan fingerprint density at radius 1 is 0.969 bits per heavy atom. The van der Waals surface area contributed by atoms with Crippen LogP contribution in [0.25, 0.3) is 0 Å². The molecule has 6 heteroatoms. The number of aliphatic hydroxyl groups excluding tert-OH is 1. The second-order valence-electron chi connectivity index (χ2n) is 8.28. The summed E-state index contributed by atoms with van der Waals surface area (Å²) in [5.41, 5.74) is 5.45. The maximum atomic E-state index is 11.2. The molecule has 0 heterocycles. The Morgan fingerprint density at radius 2 is 1.56 bits per heavy atom. The summed E-state index contributed by atoms with van der Waals surface area (Å²) in [5.74, 6) is 0.462. The van der Waals surface area contributed by atoms with Gasteiger partial charge >= 0.3 is 5.97 Å². The van der Waals surface area contributed by atoms with Crippen LogP contribution in [0, 0.1) is 13.8 Å².